The molecule has 0 aromatic carbocycles. The van der Waals surface area contributed by atoms with Crippen LogP contribution in [0.4, 0.5) is 18.0 Å². The van der Waals surface area contributed by atoms with Crippen molar-refractivity contribution in [3.05, 3.63) is 35.8 Å². The summed E-state index contributed by atoms with van der Waals surface area (Å²) >= 11 is 0. The van der Waals surface area contributed by atoms with Crippen molar-refractivity contribution in [2.45, 2.75) is 50.7 Å². The van der Waals surface area contributed by atoms with Gasteiger partial charge in [0.05, 0.1) is 11.3 Å². The van der Waals surface area contributed by atoms with Crippen LogP contribution in [-0.2, 0) is 12.6 Å². The molecule has 25 heavy (non-hydrogen) atoms. The Morgan fingerprint density at radius 1 is 1.20 bits per heavy atom. The number of halogens is 3. The van der Waals surface area contributed by atoms with Crippen LogP contribution < -0.4 is 10.6 Å². The summed E-state index contributed by atoms with van der Waals surface area (Å²) < 4.78 is 39.5. The molecule has 8 heteroatoms. The van der Waals surface area contributed by atoms with Gasteiger partial charge in [0.15, 0.2) is 0 Å². The lowest BCUT2D eigenvalue weighted by molar-refractivity contribution is -0.137. The summed E-state index contributed by atoms with van der Waals surface area (Å²) in [5.74, 6) is 0. The van der Waals surface area contributed by atoms with Crippen molar-refractivity contribution < 1.29 is 18.0 Å². The minimum atomic E-state index is -4.38. The third kappa shape index (κ3) is 4.64. The minimum Gasteiger partial charge on any atom is -0.338 e. The van der Waals surface area contributed by atoms with Gasteiger partial charge in [-0.2, -0.15) is 13.2 Å². The molecule has 0 bridgehead atoms. The highest BCUT2D eigenvalue weighted by Crippen LogP contribution is 2.29. The summed E-state index contributed by atoms with van der Waals surface area (Å²) in [5, 5.41) is 5.73. The molecule has 0 saturated heterocycles. The van der Waals surface area contributed by atoms with Crippen LogP contribution >= 0.6 is 0 Å². The molecule has 0 unspecified atom stereocenters. The number of alkyl halides is 3. The van der Waals surface area contributed by atoms with Crippen molar-refractivity contribution in [1.82, 2.24) is 20.0 Å². The van der Waals surface area contributed by atoms with Crippen molar-refractivity contribution in [2.75, 3.05) is 6.54 Å². The molecular weight excluding hydrogens is 333 g/mol. The molecule has 136 valence electrons. The number of hydrogen-bond acceptors (Lipinski definition) is 2. The number of hydrogen-bond donors (Lipinski definition) is 2. The van der Waals surface area contributed by atoms with Crippen LogP contribution in [0.3, 0.4) is 0 Å². The highest BCUT2D eigenvalue weighted by molar-refractivity contribution is 5.74. The molecule has 2 aromatic rings. The lowest BCUT2D eigenvalue weighted by atomic mass is 9.96. The predicted molar refractivity (Wildman–Crippen MR) is 87.3 cm³/mol. The second-order valence-electron chi connectivity index (χ2n) is 6.40. The van der Waals surface area contributed by atoms with E-state index in [9.17, 15) is 18.0 Å². The third-order valence-corrected chi connectivity index (χ3v) is 4.44. The van der Waals surface area contributed by atoms with Gasteiger partial charge >= 0.3 is 12.2 Å². The van der Waals surface area contributed by atoms with Crippen LogP contribution in [0.15, 0.2) is 24.5 Å². The molecule has 2 aromatic heterocycles. The molecule has 2 heterocycles. The zero-order valence-electron chi connectivity index (χ0n) is 13.8. The predicted octanol–water partition coefficient (Wildman–Crippen LogP) is 3.53. The van der Waals surface area contributed by atoms with Gasteiger partial charge in [-0.3, -0.25) is 0 Å². The number of nitrogens with one attached hydrogen (secondary N) is 2. The Hall–Kier alpha value is -2.25. The van der Waals surface area contributed by atoms with E-state index in [1.165, 1.54) is 16.9 Å². The monoisotopic (exact) mass is 354 g/mol. The van der Waals surface area contributed by atoms with E-state index < -0.39 is 11.7 Å². The maximum Gasteiger partial charge on any atom is 0.417 e. The Kier molecular flexibility index (Phi) is 5.15. The van der Waals surface area contributed by atoms with Crippen LogP contribution in [-0.4, -0.2) is 28.0 Å². The SMILES string of the molecule is O=C(NCCc1cn2cc(C(F)(F)F)ccc2n1)NC1CCCCC1. The number of rotatable bonds is 4. The minimum absolute atomic E-state index is 0.199. The van der Waals surface area contributed by atoms with E-state index in [1.54, 1.807) is 6.20 Å². The molecule has 0 aliphatic heterocycles. The zero-order valence-corrected chi connectivity index (χ0v) is 13.8. The number of imidazole rings is 1. The maximum absolute atomic E-state index is 12.7. The number of aromatic nitrogens is 2. The van der Waals surface area contributed by atoms with Crippen LogP contribution in [0.25, 0.3) is 5.65 Å². The first-order valence-corrected chi connectivity index (χ1v) is 8.51. The van der Waals surface area contributed by atoms with Gasteiger partial charge in [-0.25, -0.2) is 9.78 Å². The molecule has 1 fully saturated rings. The Morgan fingerprint density at radius 3 is 2.68 bits per heavy atom. The fourth-order valence-corrected chi connectivity index (χ4v) is 3.12. The van der Waals surface area contributed by atoms with Crippen molar-refractivity contribution in [2.24, 2.45) is 0 Å². The fraction of sp³-hybridized carbons (Fsp3) is 0.529. The third-order valence-electron chi connectivity index (χ3n) is 4.44. The van der Waals surface area contributed by atoms with Gasteiger partial charge in [-0.05, 0) is 25.0 Å². The van der Waals surface area contributed by atoms with E-state index >= 15 is 0 Å². The number of amides is 2. The molecule has 1 aliphatic carbocycles. The van der Waals surface area contributed by atoms with E-state index in [2.05, 4.69) is 15.6 Å². The standard InChI is InChI=1S/C17H21F3N4O/c18-17(19,20)12-6-7-15-22-14(11-24(15)10-12)8-9-21-16(25)23-13-4-2-1-3-5-13/h6-7,10-11,13H,1-5,8-9H2,(H2,21,23,25). The first-order valence-electron chi connectivity index (χ1n) is 8.51. The molecule has 0 atom stereocenters. The average Bonchev–Trinajstić information content (AvgIpc) is 2.96. The smallest absolute Gasteiger partial charge is 0.338 e. The summed E-state index contributed by atoms with van der Waals surface area (Å²) in [5.41, 5.74) is 0.376. The molecular formula is C17H21F3N4O. The van der Waals surface area contributed by atoms with Crippen LogP contribution in [0.2, 0.25) is 0 Å². The summed E-state index contributed by atoms with van der Waals surface area (Å²) in [6.45, 7) is 0.383. The van der Waals surface area contributed by atoms with Gasteiger partial charge in [0.2, 0.25) is 0 Å². The molecule has 0 spiro atoms. The summed E-state index contributed by atoms with van der Waals surface area (Å²) in [7, 11) is 0. The topological polar surface area (TPSA) is 58.4 Å². The van der Waals surface area contributed by atoms with Crippen LogP contribution in [0, 0.1) is 0 Å². The Bertz CT molecular complexity index is 735. The van der Waals surface area contributed by atoms with E-state index in [4.69, 9.17) is 0 Å². The molecule has 2 amide bonds. The van der Waals surface area contributed by atoms with Gasteiger partial charge in [-0.15, -0.1) is 0 Å². The van der Waals surface area contributed by atoms with Crippen molar-refractivity contribution >= 4 is 11.7 Å². The normalized spacial score (nSPS) is 16.1. The number of urea groups is 1. The van der Waals surface area contributed by atoms with E-state index in [0.29, 0.717) is 24.3 Å². The highest BCUT2D eigenvalue weighted by Gasteiger charge is 2.30. The first kappa shape index (κ1) is 17.6. The average molecular weight is 354 g/mol. The van der Waals surface area contributed by atoms with Gasteiger partial charge < -0.3 is 15.0 Å². The summed E-state index contributed by atoms with van der Waals surface area (Å²) in [6, 6.07) is 2.40. The van der Waals surface area contributed by atoms with E-state index in [-0.39, 0.29) is 12.1 Å². The molecule has 1 saturated carbocycles. The maximum atomic E-state index is 12.7. The zero-order chi connectivity index (χ0) is 17.9. The van der Waals surface area contributed by atoms with E-state index in [0.717, 1.165) is 37.9 Å². The second-order valence-corrected chi connectivity index (χ2v) is 6.40. The van der Waals surface area contributed by atoms with Crippen molar-refractivity contribution in [3.63, 3.8) is 0 Å². The highest BCUT2D eigenvalue weighted by atomic mass is 19.4. The number of carbonyl (C=O) groups excluding carboxylic acids is 1. The molecule has 1 aliphatic rings. The molecule has 0 radical (unpaired) electrons. The number of carbonyl (C=O) groups is 1. The Labute approximate surface area is 143 Å². The molecule has 3 rings (SSSR count). The summed E-state index contributed by atoms with van der Waals surface area (Å²) in [4.78, 5) is 16.1. The Morgan fingerprint density at radius 2 is 1.96 bits per heavy atom. The fourth-order valence-electron chi connectivity index (χ4n) is 3.12. The van der Waals surface area contributed by atoms with Gasteiger partial charge in [0, 0.05) is 31.4 Å². The summed E-state index contributed by atoms with van der Waals surface area (Å²) in [6.07, 6.45) is 4.21. The number of nitrogens with zero attached hydrogens (tertiary/aromatic N) is 2. The van der Waals surface area contributed by atoms with Gasteiger partial charge in [0.1, 0.15) is 5.65 Å². The Balaban J connectivity index is 1.52. The van der Waals surface area contributed by atoms with Gasteiger partial charge in [0.25, 0.3) is 0 Å². The number of fused-ring (bicyclic) bond motifs is 1. The van der Waals surface area contributed by atoms with Crippen LogP contribution in [0.5, 0.6) is 0 Å². The molecule has 2 N–H and O–H groups in total. The number of pyridine rings is 1. The largest absolute Gasteiger partial charge is 0.417 e. The lowest BCUT2D eigenvalue weighted by Crippen LogP contribution is -2.43. The molecule has 5 nitrogen and oxygen atoms in total. The second kappa shape index (κ2) is 7.33. The lowest BCUT2D eigenvalue weighted by Gasteiger charge is -2.22. The van der Waals surface area contributed by atoms with Crippen molar-refractivity contribution in [3.8, 4) is 0 Å². The van der Waals surface area contributed by atoms with Gasteiger partial charge in [-0.1, -0.05) is 19.3 Å². The quantitative estimate of drug-likeness (QED) is 0.882. The first-order chi connectivity index (χ1) is 11.9. The van der Waals surface area contributed by atoms with E-state index in [1.807, 2.05) is 0 Å². The van der Waals surface area contributed by atoms with Crippen molar-refractivity contribution in [1.29, 1.82) is 0 Å². The van der Waals surface area contributed by atoms with Crippen LogP contribution in [0.1, 0.15) is 43.4 Å².